The van der Waals surface area contributed by atoms with Crippen LogP contribution in [0.3, 0.4) is 0 Å². The molecule has 0 saturated carbocycles. The fraction of sp³-hybridized carbons (Fsp3) is 0.200. The van der Waals surface area contributed by atoms with Gasteiger partial charge >= 0.3 is 0 Å². The molecule has 5 nitrogen and oxygen atoms in total. The average Bonchev–Trinajstić information content (AvgIpc) is 3.16. The number of nitrogens with one attached hydrogen (secondary N) is 2. The van der Waals surface area contributed by atoms with Crippen LogP contribution in [0.2, 0.25) is 5.02 Å². The third-order valence-corrected chi connectivity index (χ3v) is 3.52. The van der Waals surface area contributed by atoms with Crippen LogP contribution in [0, 0.1) is 5.82 Å². The minimum atomic E-state index is -0.406. The van der Waals surface area contributed by atoms with Crippen LogP contribution >= 0.6 is 11.6 Å². The summed E-state index contributed by atoms with van der Waals surface area (Å²) in [6, 6.07) is 8.05. The molecule has 0 unspecified atom stereocenters. The molecule has 1 atom stereocenters. The van der Waals surface area contributed by atoms with Gasteiger partial charge in [0, 0.05) is 5.02 Å². The monoisotopic (exact) mass is 320 g/mol. The molecule has 3 aromatic rings. The van der Waals surface area contributed by atoms with E-state index in [-0.39, 0.29) is 6.04 Å². The van der Waals surface area contributed by atoms with E-state index in [1.165, 1.54) is 12.4 Å². The highest BCUT2D eigenvalue weighted by atomic mass is 35.5. The van der Waals surface area contributed by atoms with Crippen LogP contribution in [-0.2, 0) is 6.54 Å². The summed E-state index contributed by atoms with van der Waals surface area (Å²) >= 11 is 5.75. The first-order valence-electron chi connectivity index (χ1n) is 6.76. The number of halogens is 2. The van der Waals surface area contributed by atoms with Crippen molar-refractivity contribution in [2.75, 3.05) is 0 Å². The van der Waals surface area contributed by atoms with Crippen molar-refractivity contribution in [2.24, 2.45) is 0 Å². The van der Waals surface area contributed by atoms with Gasteiger partial charge in [-0.15, -0.1) is 0 Å². The van der Waals surface area contributed by atoms with E-state index in [9.17, 15) is 4.39 Å². The largest absolute Gasteiger partial charge is 0.460 e. The second-order valence-electron chi connectivity index (χ2n) is 4.86. The van der Waals surface area contributed by atoms with Gasteiger partial charge in [-0.1, -0.05) is 11.6 Å². The number of rotatable bonds is 5. The van der Waals surface area contributed by atoms with Crippen LogP contribution in [0.15, 0.2) is 41.1 Å². The molecule has 3 rings (SSSR count). The zero-order valence-corrected chi connectivity index (χ0v) is 12.6. The van der Waals surface area contributed by atoms with E-state index < -0.39 is 5.82 Å². The Kier molecular flexibility index (Phi) is 4.22. The SMILES string of the molecule is C[C@@H](NCc1ccc(-c2ccc(Cl)cc2F)o1)c1ncn[nH]1. The fourth-order valence-corrected chi connectivity index (χ4v) is 2.24. The highest BCUT2D eigenvalue weighted by molar-refractivity contribution is 6.30. The summed E-state index contributed by atoms with van der Waals surface area (Å²) < 4.78 is 19.5. The number of aromatic nitrogens is 3. The molecule has 0 spiro atoms. The van der Waals surface area contributed by atoms with Crippen molar-refractivity contribution >= 4 is 11.6 Å². The molecule has 2 aromatic heterocycles. The molecule has 0 aliphatic rings. The summed E-state index contributed by atoms with van der Waals surface area (Å²) in [4.78, 5) is 4.08. The van der Waals surface area contributed by atoms with Crippen molar-refractivity contribution in [1.82, 2.24) is 20.5 Å². The molecule has 2 heterocycles. The minimum Gasteiger partial charge on any atom is -0.460 e. The van der Waals surface area contributed by atoms with Gasteiger partial charge in [-0.05, 0) is 37.3 Å². The normalized spacial score (nSPS) is 12.5. The third kappa shape index (κ3) is 3.18. The lowest BCUT2D eigenvalue weighted by atomic mass is 10.1. The zero-order valence-electron chi connectivity index (χ0n) is 11.8. The Hall–Kier alpha value is -2.18. The van der Waals surface area contributed by atoms with Gasteiger partial charge in [-0.25, -0.2) is 9.37 Å². The van der Waals surface area contributed by atoms with Crippen molar-refractivity contribution in [2.45, 2.75) is 19.5 Å². The first-order valence-corrected chi connectivity index (χ1v) is 7.14. The molecule has 2 N–H and O–H groups in total. The predicted octanol–water partition coefficient (Wildman–Crippen LogP) is 3.71. The lowest BCUT2D eigenvalue weighted by Gasteiger charge is -2.09. The van der Waals surface area contributed by atoms with Crippen molar-refractivity contribution in [1.29, 1.82) is 0 Å². The van der Waals surface area contributed by atoms with Gasteiger partial charge in [0.1, 0.15) is 29.5 Å². The lowest BCUT2D eigenvalue weighted by Crippen LogP contribution is -2.18. The van der Waals surface area contributed by atoms with Gasteiger partial charge < -0.3 is 9.73 Å². The van der Waals surface area contributed by atoms with Crippen LogP contribution in [0.1, 0.15) is 24.6 Å². The summed E-state index contributed by atoms with van der Waals surface area (Å²) in [6.07, 6.45) is 1.46. The van der Waals surface area contributed by atoms with Gasteiger partial charge in [0.15, 0.2) is 0 Å². The Balaban J connectivity index is 1.69. The molecule has 0 amide bonds. The van der Waals surface area contributed by atoms with E-state index in [2.05, 4.69) is 20.5 Å². The molecule has 0 aliphatic carbocycles. The van der Waals surface area contributed by atoms with Gasteiger partial charge in [0.25, 0.3) is 0 Å². The van der Waals surface area contributed by atoms with E-state index in [1.807, 2.05) is 13.0 Å². The summed E-state index contributed by atoms with van der Waals surface area (Å²) in [7, 11) is 0. The standard InChI is InChI=1S/C15H14ClFN4O/c1-9(15-19-8-20-21-15)18-7-11-3-5-14(22-11)12-4-2-10(16)6-13(12)17/h2-6,8-9,18H,7H2,1H3,(H,19,20,21)/t9-/m1/s1. The van der Waals surface area contributed by atoms with Gasteiger partial charge in [-0.2, -0.15) is 5.10 Å². The zero-order chi connectivity index (χ0) is 15.5. The topological polar surface area (TPSA) is 66.7 Å². The molecular formula is C15H14ClFN4O. The Labute approximate surface area is 131 Å². The number of furan rings is 1. The third-order valence-electron chi connectivity index (χ3n) is 3.28. The first-order chi connectivity index (χ1) is 10.6. The molecule has 1 aromatic carbocycles. The summed E-state index contributed by atoms with van der Waals surface area (Å²) in [6.45, 7) is 2.46. The Bertz CT molecular complexity index is 757. The molecule has 0 aliphatic heterocycles. The molecule has 0 radical (unpaired) electrons. The van der Waals surface area contributed by atoms with Crippen LogP contribution in [0.25, 0.3) is 11.3 Å². The Morgan fingerprint density at radius 2 is 2.23 bits per heavy atom. The van der Waals surface area contributed by atoms with Crippen LogP contribution in [0.4, 0.5) is 4.39 Å². The number of nitrogens with zero attached hydrogens (tertiary/aromatic N) is 2. The molecule has 0 fully saturated rings. The van der Waals surface area contributed by atoms with Crippen molar-refractivity contribution in [3.8, 4) is 11.3 Å². The number of hydrogen-bond acceptors (Lipinski definition) is 4. The van der Waals surface area contributed by atoms with E-state index in [0.717, 1.165) is 5.82 Å². The minimum absolute atomic E-state index is 0.00307. The van der Waals surface area contributed by atoms with Crippen molar-refractivity contribution in [3.05, 3.63) is 59.1 Å². The average molecular weight is 321 g/mol. The van der Waals surface area contributed by atoms with Crippen molar-refractivity contribution in [3.63, 3.8) is 0 Å². The molecule has 0 saturated heterocycles. The van der Waals surface area contributed by atoms with Crippen LogP contribution < -0.4 is 5.32 Å². The summed E-state index contributed by atoms with van der Waals surface area (Å²) in [5.74, 6) is 1.51. The maximum absolute atomic E-state index is 13.9. The van der Waals surface area contributed by atoms with E-state index in [1.54, 1.807) is 18.2 Å². The summed E-state index contributed by atoms with van der Waals surface area (Å²) in [5.41, 5.74) is 0.388. The molecule has 114 valence electrons. The van der Waals surface area contributed by atoms with Crippen LogP contribution in [0.5, 0.6) is 0 Å². The number of aromatic amines is 1. The summed E-state index contributed by atoms with van der Waals surface area (Å²) in [5, 5.41) is 10.2. The second kappa shape index (κ2) is 6.29. The van der Waals surface area contributed by atoms with E-state index >= 15 is 0 Å². The van der Waals surface area contributed by atoms with Crippen molar-refractivity contribution < 1.29 is 8.81 Å². The molecular weight excluding hydrogens is 307 g/mol. The fourth-order valence-electron chi connectivity index (χ4n) is 2.08. The quantitative estimate of drug-likeness (QED) is 0.752. The molecule has 0 bridgehead atoms. The van der Waals surface area contributed by atoms with Gasteiger partial charge in [-0.3, -0.25) is 5.10 Å². The maximum atomic E-state index is 13.9. The first kappa shape index (κ1) is 14.7. The smallest absolute Gasteiger partial charge is 0.141 e. The number of hydrogen-bond donors (Lipinski definition) is 2. The number of H-pyrrole nitrogens is 1. The van der Waals surface area contributed by atoms with Gasteiger partial charge in [0.05, 0.1) is 18.2 Å². The maximum Gasteiger partial charge on any atom is 0.141 e. The predicted molar refractivity (Wildman–Crippen MR) is 80.7 cm³/mol. The van der Waals surface area contributed by atoms with Crippen LogP contribution in [-0.4, -0.2) is 15.2 Å². The molecule has 22 heavy (non-hydrogen) atoms. The second-order valence-corrected chi connectivity index (χ2v) is 5.30. The highest BCUT2D eigenvalue weighted by Gasteiger charge is 2.12. The Morgan fingerprint density at radius 1 is 1.36 bits per heavy atom. The Morgan fingerprint density at radius 3 is 2.95 bits per heavy atom. The number of benzene rings is 1. The molecule has 7 heteroatoms. The highest BCUT2D eigenvalue weighted by Crippen LogP contribution is 2.27. The van der Waals surface area contributed by atoms with Gasteiger partial charge in [0.2, 0.25) is 0 Å². The lowest BCUT2D eigenvalue weighted by molar-refractivity contribution is 0.459. The van der Waals surface area contributed by atoms with E-state index in [0.29, 0.717) is 28.7 Å². The van der Waals surface area contributed by atoms with E-state index in [4.69, 9.17) is 16.0 Å².